The van der Waals surface area contributed by atoms with Crippen LogP contribution in [0.4, 0.5) is 0 Å². The fraction of sp³-hybridized carbons (Fsp3) is 0.562. The maximum atomic E-state index is 12.9. The highest BCUT2D eigenvalue weighted by atomic mass is 32.2. The summed E-state index contributed by atoms with van der Waals surface area (Å²) in [5.74, 6) is 1.13. The summed E-state index contributed by atoms with van der Waals surface area (Å²) < 4.78 is 25.9. The van der Waals surface area contributed by atoms with Crippen molar-refractivity contribution in [2.24, 2.45) is 11.8 Å². The summed E-state index contributed by atoms with van der Waals surface area (Å²) in [6.07, 6.45) is 1.36. The Balaban J connectivity index is 1.63. The SMILES string of the molecule is N#Cc1cccc(S(=O)(=O)C2C[C@@H]3N[C@H](C2)[C@@H]2CNC[C@@H]23)c1. The lowest BCUT2D eigenvalue weighted by Crippen LogP contribution is -2.47. The van der Waals surface area contributed by atoms with Gasteiger partial charge >= 0.3 is 0 Å². The van der Waals surface area contributed by atoms with Gasteiger partial charge in [0, 0.05) is 12.1 Å². The minimum atomic E-state index is -3.36. The number of nitriles is 1. The van der Waals surface area contributed by atoms with Crippen LogP contribution in [0.2, 0.25) is 0 Å². The topological polar surface area (TPSA) is 82.0 Å². The lowest BCUT2D eigenvalue weighted by Gasteiger charge is -2.31. The van der Waals surface area contributed by atoms with E-state index in [0.29, 0.717) is 47.2 Å². The van der Waals surface area contributed by atoms with Crippen LogP contribution >= 0.6 is 0 Å². The van der Waals surface area contributed by atoms with Gasteiger partial charge in [-0.3, -0.25) is 0 Å². The van der Waals surface area contributed by atoms with Crippen molar-refractivity contribution in [3.8, 4) is 6.07 Å². The molecule has 2 bridgehead atoms. The second-order valence-electron chi connectivity index (χ2n) is 6.64. The Morgan fingerprint density at radius 3 is 2.45 bits per heavy atom. The van der Waals surface area contributed by atoms with Crippen LogP contribution in [0.15, 0.2) is 29.2 Å². The van der Waals surface area contributed by atoms with E-state index in [1.807, 2.05) is 6.07 Å². The van der Waals surface area contributed by atoms with Crippen molar-refractivity contribution in [3.63, 3.8) is 0 Å². The second-order valence-corrected chi connectivity index (χ2v) is 8.87. The molecule has 3 aliphatic rings. The van der Waals surface area contributed by atoms with Crippen molar-refractivity contribution in [1.29, 1.82) is 5.26 Å². The first-order valence-corrected chi connectivity index (χ1v) is 9.35. The van der Waals surface area contributed by atoms with Crippen molar-refractivity contribution < 1.29 is 8.42 Å². The molecule has 0 aliphatic carbocycles. The standard InChI is InChI=1S/C16H19N3O2S/c17-7-10-2-1-3-11(4-10)22(20,21)12-5-15-13-8-18-9-14(13)16(6-12)19-15/h1-4,12-16,18-19H,5-6,8-9H2/t12?,13-,14+,15-,16+. The van der Waals surface area contributed by atoms with Crippen LogP contribution in [-0.2, 0) is 9.84 Å². The molecule has 2 N–H and O–H groups in total. The van der Waals surface area contributed by atoms with Gasteiger partial charge in [0.2, 0.25) is 0 Å². The number of sulfone groups is 1. The number of fused-ring (bicyclic) bond motifs is 5. The van der Waals surface area contributed by atoms with Crippen LogP contribution in [0.3, 0.4) is 0 Å². The monoisotopic (exact) mass is 317 g/mol. The van der Waals surface area contributed by atoms with Gasteiger partial charge in [-0.2, -0.15) is 5.26 Å². The van der Waals surface area contributed by atoms with Gasteiger partial charge in [-0.15, -0.1) is 0 Å². The summed E-state index contributed by atoms with van der Waals surface area (Å²) in [4.78, 5) is 0.293. The van der Waals surface area contributed by atoms with Gasteiger partial charge in [0.25, 0.3) is 0 Å². The van der Waals surface area contributed by atoms with Crippen molar-refractivity contribution in [3.05, 3.63) is 29.8 Å². The second kappa shape index (κ2) is 5.05. The van der Waals surface area contributed by atoms with E-state index in [0.717, 1.165) is 13.1 Å². The summed E-state index contributed by atoms with van der Waals surface area (Å²) in [6, 6.07) is 9.03. The molecule has 1 aromatic rings. The van der Waals surface area contributed by atoms with Crippen molar-refractivity contribution in [2.45, 2.75) is 35.1 Å². The summed E-state index contributed by atoms with van der Waals surface area (Å²) in [7, 11) is -3.36. The van der Waals surface area contributed by atoms with E-state index < -0.39 is 9.84 Å². The number of benzene rings is 1. The van der Waals surface area contributed by atoms with Gasteiger partial charge in [-0.25, -0.2) is 8.42 Å². The highest BCUT2D eigenvalue weighted by Crippen LogP contribution is 2.41. The highest BCUT2D eigenvalue weighted by molar-refractivity contribution is 7.92. The van der Waals surface area contributed by atoms with E-state index in [1.165, 1.54) is 6.07 Å². The fourth-order valence-electron chi connectivity index (χ4n) is 4.46. The third-order valence-electron chi connectivity index (χ3n) is 5.54. The van der Waals surface area contributed by atoms with E-state index in [4.69, 9.17) is 5.26 Å². The molecule has 22 heavy (non-hydrogen) atoms. The zero-order valence-electron chi connectivity index (χ0n) is 12.2. The molecule has 5 nitrogen and oxygen atoms in total. The average Bonchev–Trinajstić information content (AvgIpc) is 3.11. The van der Waals surface area contributed by atoms with Crippen LogP contribution in [0.1, 0.15) is 18.4 Å². The Hall–Kier alpha value is -1.42. The zero-order chi connectivity index (χ0) is 15.3. The minimum absolute atomic E-state index is 0.293. The molecule has 3 aliphatic heterocycles. The average molecular weight is 317 g/mol. The third kappa shape index (κ3) is 2.08. The van der Waals surface area contributed by atoms with Gasteiger partial charge in [0.05, 0.1) is 21.8 Å². The highest BCUT2D eigenvalue weighted by Gasteiger charge is 2.51. The number of rotatable bonds is 2. The maximum absolute atomic E-state index is 12.9. The number of hydrogen-bond acceptors (Lipinski definition) is 5. The van der Waals surface area contributed by atoms with Crippen LogP contribution in [0, 0.1) is 23.2 Å². The van der Waals surface area contributed by atoms with Crippen molar-refractivity contribution in [1.82, 2.24) is 10.6 Å². The molecule has 1 aromatic carbocycles. The first-order valence-electron chi connectivity index (χ1n) is 7.80. The van der Waals surface area contributed by atoms with E-state index >= 15 is 0 Å². The molecule has 0 amide bonds. The third-order valence-corrected chi connectivity index (χ3v) is 7.71. The first kappa shape index (κ1) is 14.2. The Bertz CT molecular complexity index is 722. The number of nitrogens with one attached hydrogen (secondary N) is 2. The molecule has 116 valence electrons. The van der Waals surface area contributed by atoms with Crippen LogP contribution < -0.4 is 10.6 Å². The Morgan fingerprint density at radius 2 is 1.82 bits per heavy atom. The summed E-state index contributed by atoms with van der Waals surface area (Å²) in [6.45, 7) is 1.99. The summed E-state index contributed by atoms with van der Waals surface area (Å²) in [5.41, 5.74) is 0.402. The van der Waals surface area contributed by atoms with E-state index in [1.54, 1.807) is 18.2 Å². The predicted molar refractivity (Wildman–Crippen MR) is 81.9 cm³/mol. The molecule has 0 saturated carbocycles. The van der Waals surface area contributed by atoms with E-state index in [9.17, 15) is 8.42 Å². The molecule has 5 atom stereocenters. The summed E-state index contributed by atoms with van der Waals surface area (Å²) >= 11 is 0. The Morgan fingerprint density at radius 1 is 1.14 bits per heavy atom. The zero-order valence-corrected chi connectivity index (χ0v) is 13.0. The molecule has 3 fully saturated rings. The molecule has 1 unspecified atom stereocenters. The molecular formula is C16H19N3O2S. The fourth-order valence-corrected chi connectivity index (χ4v) is 6.33. The minimum Gasteiger partial charge on any atom is -0.316 e. The smallest absolute Gasteiger partial charge is 0.181 e. The van der Waals surface area contributed by atoms with Crippen molar-refractivity contribution >= 4 is 9.84 Å². The quantitative estimate of drug-likeness (QED) is 0.838. The predicted octanol–water partition coefficient (Wildman–Crippen LogP) is 0.670. The number of hydrogen-bond donors (Lipinski definition) is 2. The Labute approximate surface area is 130 Å². The number of nitrogens with zero attached hydrogens (tertiary/aromatic N) is 1. The molecule has 0 aromatic heterocycles. The summed E-state index contributed by atoms with van der Waals surface area (Å²) in [5, 5.41) is 15.7. The molecule has 0 radical (unpaired) electrons. The molecular weight excluding hydrogens is 298 g/mol. The van der Waals surface area contributed by atoms with Crippen LogP contribution in [-0.4, -0.2) is 38.8 Å². The normalized spacial score (nSPS) is 36.8. The van der Waals surface area contributed by atoms with Crippen LogP contribution in [0.25, 0.3) is 0 Å². The maximum Gasteiger partial charge on any atom is 0.181 e. The van der Waals surface area contributed by atoms with Gasteiger partial charge in [0.1, 0.15) is 0 Å². The largest absolute Gasteiger partial charge is 0.316 e. The lowest BCUT2D eigenvalue weighted by molar-refractivity contribution is 0.361. The van der Waals surface area contributed by atoms with E-state index in [2.05, 4.69) is 10.6 Å². The van der Waals surface area contributed by atoms with Crippen LogP contribution in [0.5, 0.6) is 0 Å². The molecule has 3 saturated heterocycles. The molecule has 6 heteroatoms. The van der Waals surface area contributed by atoms with Gasteiger partial charge in [-0.1, -0.05) is 6.07 Å². The van der Waals surface area contributed by atoms with Gasteiger partial charge < -0.3 is 10.6 Å². The van der Waals surface area contributed by atoms with E-state index in [-0.39, 0.29) is 5.25 Å². The first-order chi connectivity index (χ1) is 10.6. The molecule has 4 rings (SSSR count). The number of piperidine rings is 1. The van der Waals surface area contributed by atoms with Gasteiger partial charge in [0.15, 0.2) is 9.84 Å². The Kier molecular flexibility index (Phi) is 3.26. The van der Waals surface area contributed by atoms with Gasteiger partial charge in [-0.05, 0) is 56.0 Å². The molecule has 3 heterocycles. The lowest BCUT2D eigenvalue weighted by atomic mass is 9.92. The van der Waals surface area contributed by atoms with Crippen molar-refractivity contribution in [2.75, 3.05) is 13.1 Å². The molecule has 0 spiro atoms.